The fraction of sp³-hybridized carbons (Fsp3) is 0.400. The molecule has 1 unspecified atom stereocenters. The highest BCUT2D eigenvalue weighted by Gasteiger charge is 2.09. The quantitative estimate of drug-likeness (QED) is 0.441. The van der Waals surface area contributed by atoms with Gasteiger partial charge in [-0.2, -0.15) is 0 Å². The molecule has 0 bridgehead atoms. The second kappa shape index (κ2) is 1.86. The number of rotatable bonds is 0. The van der Waals surface area contributed by atoms with E-state index in [1.54, 1.807) is 13.1 Å². The van der Waals surface area contributed by atoms with Gasteiger partial charge in [0.15, 0.2) is 0 Å². The Hall–Kier alpha value is -0.990. The van der Waals surface area contributed by atoms with Crippen LogP contribution in [0.3, 0.4) is 0 Å². The zero-order chi connectivity index (χ0) is 5.98. The van der Waals surface area contributed by atoms with Crippen LogP contribution in [0.15, 0.2) is 9.98 Å². The lowest BCUT2D eigenvalue weighted by molar-refractivity contribution is -0.119. The van der Waals surface area contributed by atoms with Crippen LogP contribution in [0.25, 0.3) is 0 Å². The van der Waals surface area contributed by atoms with E-state index in [9.17, 15) is 4.79 Å². The largest absolute Gasteiger partial charge is 0.272 e. The van der Waals surface area contributed by atoms with Crippen LogP contribution < -0.4 is 0 Å². The molecule has 8 heavy (non-hydrogen) atoms. The number of amides is 1. The van der Waals surface area contributed by atoms with E-state index in [1.807, 2.05) is 0 Å². The van der Waals surface area contributed by atoms with Crippen molar-refractivity contribution in [2.24, 2.45) is 15.9 Å². The van der Waals surface area contributed by atoms with Gasteiger partial charge in [0.2, 0.25) is 0 Å². The maximum Gasteiger partial charge on any atom is 0.255 e. The van der Waals surface area contributed by atoms with E-state index in [1.165, 1.54) is 6.34 Å². The summed E-state index contributed by atoms with van der Waals surface area (Å²) in [6, 6.07) is 0. The summed E-state index contributed by atoms with van der Waals surface area (Å²) in [4.78, 5) is 17.6. The number of hydrogen-bond acceptors (Lipinski definition) is 2. The Morgan fingerprint density at radius 1 is 1.75 bits per heavy atom. The van der Waals surface area contributed by atoms with Crippen molar-refractivity contribution in [1.82, 2.24) is 0 Å². The summed E-state index contributed by atoms with van der Waals surface area (Å²) in [5, 5.41) is 0. The molecule has 0 fully saturated rings. The van der Waals surface area contributed by atoms with Crippen molar-refractivity contribution in [2.45, 2.75) is 6.92 Å². The number of hydrogen-bond donors (Lipinski definition) is 0. The van der Waals surface area contributed by atoms with E-state index in [0.717, 1.165) is 0 Å². The molecular weight excluding hydrogens is 104 g/mol. The van der Waals surface area contributed by atoms with E-state index in [0.29, 0.717) is 0 Å². The Morgan fingerprint density at radius 3 is 2.88 bits per heavy atom. The molecule has 0 aromatic rings. The third kappa shape index (κ3) is 0.804. The van der Waals surface area contributed by atoms with Crippen LogP contribution in [0, 0.1) is 5.92 Å². The molecule has 3 nitrogen and oxygen atoms in total. The van der Waals surface area contributed by atoms with E-state index in [2.05, 4.69) is 9.98 Å². The van der Waals surface area contributed by atoms with E-state index < -0.39 is 0 Å². The lowest BCUT2D eigenvalue weighted by Crippen LogP contribution is -2.12. The number of aliphatic imine (C=N–C) groups is 2. The first kappa shape index (κ1) is 5.15. The summed E-state index contributed by atoms with van der Waals surface area (Å²) in [6.45, 7) is 1.77. The van der Waals surface area contributed by atoms with Crippen molar-refractivity contribution in [3.8, 4) is 0 Å². The van der Waals surface area contributed by atoms with Gasteiger partial charge in [-0.1, -0.05) is 0 Å². The standard InChI is InChI=1S/C5H6N2O/c1-4-2-6-3-7-5(4)8/h2-4H,1H3. The molecule has 0 spiro atoms. The first-order chi connectivity index (χ1) is 3.80. The molecule has 1 rings (SSSR count). The lowest BCUT2D eigenvalue weighted by atomic mass is 10.2. The maximum absolute atomic E-state index is 10.5. The van der Waals surface area contributed by atoms with Gasteiger partial charge in [-0.25, -0.2) is 9.98 Å². The van der Waals surface area contributed by atoms with Gasteiger partial charge in [0.05, 0.1) is 5.92 Å². The van der Waals surface area contributed by atoms with E-state index in [-0.39, 0.29) is 11.8 Å². The van der Waals surface area contributed by atoms with Crippen LogP contribution in [0.2, 0.25) is 0 Å². The molecule has 1 heterocycles. The van der Waals surface area contributed by atoms with Gasteiger partial charge in [-0.15, -0.1) is 0 Å². The second-order valence-electron chi connectivity index (χ2n) is 1.67. The zero-order valence-corrected chi connectivity index (χ0v) is 4.53. The summed E-state index contributed by atoms with van der Waals surface area (Å²) in [5.74, 6) is -0.236. The molecule has 0 N–H and O–H groups in total. The minimum Gasteiger partial charge on any atom is -0.272 e. The van der Waals surface area contributed by atoms with Crippen LogP contribution in [0.5, 0.6) is 0 Å². The fourth-order valence-corrected chi connectivity index (χ4v) is 0.439. The molecule has 0 saturated carbocycles. The average molecular weight is 110 g/mol. The summed E-state index contributed by atoms with van der Waals surface area (Å²) in [6.07, 6.45) is 2.84. The van der Waals surface area contributed by atoms with Gasteiger partial charge in [0.1, 0.15) is 6.34 Å². The topological polar surface area (TPSA) is 41.8 Å². The van der Waals surface area contributed by atoms with Crippen molar-refractivity contribution in [2.75, 3.05) is 0 Å². The molecule has 1 amide bonds. The van der Waals surface area contributed by atoms with Crippen LogP contribution in [0.1, 0.15) is 6.92 Å². The molecule has 0 aromatic heterocycles. The Labute approximate surface area is 47.1 Å². The molecular formula is C5H6N2O. The highest BCUT2D eigenvalue weighted by Crippen LogP contribution is 1.96. The Kier molecular flexibility index (Phi) is 1.20. The minimum atomic E-state index is -0.125. The molecule has 1 atom stereocenters. The van der Waals surface area contributed by atoms with E-state index >= 15 is 0 Å². The molecule has 0 radical (unpaired) electrons. The van der Waals surface area contributed by atoms with Crippen molar-refractivity contribution >= 4 is 18.5 Å². The van der Waals surface area contributed by atoms with Crippen LogP contribution in [0.4, 0.5) is 0 Å². The zero-order valence-electron chi connectivity index (χ0n) is 4.53. The highest BCUT2D eigenvalue weighted by molar-refractivity contribution is 6.02. The summed E-state index contributed by atoms with van der Waals surface area (Å²) < 4.78 is 0. The predicted octanol–water partition coefficient (Wildman–Crippen LogP) is 0.262. The first-order valence-corrected chi connectivity index (χ1v) is 2.40. The molecule has 42 valence electrons. The molecule has 1 aliphatic heterocycles. The molecule has 0 aliphatic carbocycles. The Balaban J connectivity index is 2.74. The third-order valence-electron chi connectivity index (χ3n) is 0.951. The number of carbonyl (C=O) groups excluding carboxylic acids is 1. The van der Waals surface area contributed by atoms with Crippen molar-refractivity contribution in [3.05, 3.63) is 0 Å². The number of carbonyl (C=O) groups is 1. The Morgan fingerprint density at radius 2 is 2.50 bits per heavy atom. The van der Waals surface area contributed by atoms with E-state index in [4.69, 9.17) is 0 Å². The number of nitrogens with zero attached hydrogens (tertiary/aromatic N) is 2. The van der Waals surface area contributed by atoms with Crippen molar-refractivity contribution in [3.63, 3.8) is 0 Å². The minimum absolute atomic E-state index is 0.111. The van der Waals surface area contributed by atoms with Crippen LogP contribution >= 0.6 is 0 Å². The van der Waals surface area contributed by atoms with Gasteiger partial charge in [-0.3, -0.25) is 4.79 Å². The molecule has 0 saturated heterocycles. The van der Waals surface area contributed by atoms with Crippen molar-refractivity contribution in [1.29, 1.82) is 0 Å². The van der Waals surface area contributed by atoms with Gasteiger partial charge in [0.25, 0.3) is 5.91 Å². The van der Waals surface area contributed by atoms with Gasteiger partial charge >= 0.3 is 0 Å². The van der Waals surface area contributed by atoms with Gasteiger partial charge in [0, 0.05) is 6.21 Å². The third-order valence-corrected chi connectivity index (χ3v) is 0.951. The SMILES string of the molecule is CC1C=NC=NC1=O. The first-order valence-electron chi connectivity index (χ1n) is 2.40. The van der Waals surface area contributed by atoms with Crippen LogP contribution in [-0.2, 0) is 4.79 Å². The highest BCUT2D eigenvalue weighted by atomic mass is 16.1. The predicted molar refractivity (Wildman–Crippen MR) is 31.2 cm³/mol. The van der Waals surface area contributed by atoms with Crippen LogP contribution in [-0.4, -0.2) is 18.5 Å². The summed E-state index contributed by atoms with van der Waals surface area (Å²) in [7, 11) is 0. The normalized spacial score (nSPS) is 26.6. The van der Waals surface area contributed by atoms with Gasteiger partial charge < -0.3 is 0 Å². The smallest absolute Gasteiger partial charge is 0.255 e. The molecule has 1 aliphatic rings. The Bertz CT molecular complexity index is 160. The van der Waals surface area contributed by atoms with Gasteiger partial charge in [-0.05, 0) is 6.92 Å². The maximum atomic E-state index is 10.5. The summed E-state index contributed by atoms with van der Waals surface area (Å²) in [5.41, 5.74) is 0. The lowest BCUT2D eigenvalue weighted by Gasteiger charge is -1.99. The van der Waals surface area contributed by atoms with Crippen molar-refractivity contribution < 1.29 is 4.79 Å². The molecule has 3 heteroatoms. The molecule has 0 aromatic carbocycles. The second-order valence-corrected chi connectivity index (χ2v) is 1.67. The monoisotopic (exact) mass is 110 g/mol. The summed E-state index contributed by atoms with van der Waals surface area (Å²) >= 11 is 0. The fourth-order valence-electron chi connectivity index (χ4n) is 0.439. The average Bonchev–Trinajstić information content (AvgIpc) is 1.77.